The number of fused-ring (bicyclic) bond motifs is 1. The van der Waals surface area contributed by atoms with Gasteiger partial charge in [-0.1, -0.05) is 70.6 Å². The van der Waals surface area contributed by atoms with Crippen LogP contribution >= 0.6 is 66.7 Å². The van der Waals surface area contributed by atoms with Gasteiger partial charge in [-0.05, 0) is 64.0 Å². The lowest BCUT2D eigenvalue weighted by molar-refractivity contribution is 0.304. The van der Waals surface area contributed by atoms with Crippen molar-refractivity contribution < 1.29 is 4.74 Å². The van der Waals surface area contributed by atoms with Gasteiger partial charge in [-0.15, -0.1) is 0 Å². The molecule has 0 radical (unpaired) electrons. The van der Waals surface area contributed by atoms with E-state index in [2.05, 4.69) is 41.9 Å². The van der Waals surface area contributed by atoms with Crippen LogP contribution in [0.15, 0.2) is 67.4 Å². The van der Waals surface area contributed by atoms with Gasteiger partial charge in [0.2, 0.25) is 0 Å². The first-order valence-corrected chi connectivity index (χ1v) is 13.2. The molecule has 4 aromatic rings. The van der Waals surface area contributed by atoms with Crippen molar-refractivity contribution in [3.8, 4) is 5.75 Å². The normalized spacial score (nSPS) is 11.7. The zero-order valence-electron chi connectivity index (χ0n) is 18.5. The van der Waals surface area contributed by atoms with Crippen LogP contribution in [-0.4, -0.2) is 15.9 Å². The van der Waals surface area contributed by atoms with Crippen LogP contribution in [0.4, 0.5) is 0 Å². The van der Waals surface area contributed by atoms with E-state index in [0.717, 1.165) is 10.0 Å². The highest BCUT2D eigenvalue weighted by molar-refractivity contribution is 9.10. The highest BCUT2D eigenvalue weighted by Gasteiger charge is 2.15. The second-order valence-electron chi connectivity index (χ2n) is 7.99. The molecule has 0 aliphatic heterocycles. The van der Waals surface area contributed by atoms with E-state index in [9.17, 15) is 4.79 Å². The van der Waals surface area contributed by atoms with Crippen LogP contribution in [0.1, 0.15) is 36.7 Å². The van der Waals surface area contributed by atoms with Crippen molar-refractivity contribution in [1.29, 1.82) is 0 Å². The van der Waals surface area contributed by atoms with E-state index in [1.165, 1.54) is 4.68 Å². The van der Waals surface area contributed by atoms with Crippen LogP contribution in [0.3, 0.4) is 0 Å². The lowest BCUT2D eigenvalue weighted by Gasteiger charge is -2.13. The molecule has 0 bridgehead atoms. The smallest absolute Gasteiger partial charge is 0.282 e. The average molecular weight is 659 g/mol. The Morgan fingerprint density at radius 2 is 1.83 bits per heavy atom. The van der Waals surface area contributed by atoms with Crippen molar-refractivity contribution in [2.75, 3.05) is 0 Å². The molecule has 0 fully saturated rings. The van der Waals surface area contributed by atoms with E-state index in [1.807, 2.05) is 26.0 Å². The van der Waals surface area contributed by atoms with Crippen LogP contribution in [-0.2, 0) is 6.61 Å². The number of benzene rings is 3. The fraction of sp³-hybridized carbons (Fsp3) is 0.160. The molecule has 0 spiro atoms. The van der Waals surface area contributed by atoms with Crippen LogP contribution in [0.5, 0.6) is 5.75 Å². The van der Waals surface area contributed by atoms with Gasteiger partial charge in [-0.2, -0.15) is 9.78 Å². The van der Waals surface area contributed by atoms with Crippen molar-refractivity contribution >= 4 is 83.8 Å². The highest BCUT2D eigenvalue weighted by atomic mass is 79.9. The van der Waals surface area contributed by atoms with Crippen molar-refractivity contribution in [2.24, 2.45) is 5.10 Å². The first-order chi connectivity index (χ1) is 16.6. The number of hydrogen-bond acceptors (Lipinski definition) is 4. The standard InChI is InChI=1S/C25H18Br2Cl3N3O2/c1-13(2)24-32-22-6-4-16(26)9-18(22)25(34)33(24)31-11-14-7-19(27)23(21(30)8-14)35-12-15-3-5-17(28)10-20(15)29/h3-11,13H,12H2,1-2H3. The number of ether oxygens (including phenoxy) is 1. The second kappa shape index (κ2) is 11.0. The van der Waals surface area contributed by atoms with E-state index < -0.39 is 0 Å². The quantitative estimate of drug-likeness (QED) is 0.196. The van der Waals surface area contributed by atoms with Crippen LogP contribution in [0, 0.1) is 0 Å². The van der Waals surface area contributed by atoms with E-state index in [-0.39, 0.29) is 18.1 Å². The van der Waals surface area contributed by atoms with Gasteiger partial charge in [-0.25, -0.2) is 4.98 Å². The third kappa shape index (κ3) is 5.92. The molecule has 0 amide bonds. The summed E-state index contributed by atoms with van der Waals surface area (Å²) < 4.78 is 8.66. The van der Waals surface area contributed by atoms with Crippen LogP contribution in [0.25, 0.3) is 10.9 Å². The van der Waals surface area contributed by atoms with Gasteiger partial charge >= 0.3 is 0 Å². The molecule has 0 atom stereocenters. The Kier molecular flexibility index (Phi) is 8.23. The molecular formula is C25H18Br2Cl3N3O2. The number of nitrogens with zero attached hydrogens (tertiary/aromatic N) is 3. The molecule has 1 heterocycles. The molecule has 0 N–H and O–H groups in total. The first kappa shape index (κ1) is 26.2. The van der Waals surface area contributed by atoms with Gasteiger partial charge in [0.1, 0.15) is 12.4 Å². The summed E-state index contributed by atoms with van der Waals surface area (Å²) in [4.78, 5) is 17.9. The summed E-state index contributed by atoms with van der Waals surface area (Å²) in [5.74, 6) is 1.01. The Labute approximate surface area is 233 Å². The molecule has 0 saturated carbocycles. The summed E-state index contributed by atoms with van der Waals surface area (Å²) in [6, 6.07) is 14.1. The zero-order valence-corrected chi connectivity index (χ0v) is 24.0. The minimum Gasteiger partial charge on any atom is -0.486 e. The Morgan fingerprint density at radius 1 is 1.06 bits per heavy atom. The largest absolute Gasteiger partial charge is 0.486 e. The molecule has 180 valence electrons. The Balaban J connectivity index is 1.65. The first-order valence-electron chi connectivity index (χ1n) is 10.5. The van der Waals surface area contributed by atoms with Crippen LogP contribution < -0.4 is 10.3 Å². The molecule has 0 aliphatic carbocycles. The monoisotopic (exact) mass is 655 g/mol. The highest BCUT2D eigenvalue weighted by Crippen LogP contribution is 2.35. The maximum absolute atomic E-state index is 13.2. The minimum absolute atomic E-state index is 0.0151. The second-order valence-corrected chi connectivity index (χ2v) is 11.0. The predicted octanol–water partition coefficient (Wildman–Crippen LogP) is 8.47. The lowest BCUT2D eigenvalue weighted by Crippen LogP contribution is -2.23. The van der Waals surface area contributed by atoms with Gasteiger partial charge in [0.25, 0.3) is 5.56 Å². The topological polar surface area (TPSA) is 56.5 Å². The molecular weight excluding hydrogens is 640 g/mol. The fourth-order valence-electron chi connectivity index (χ4n) is 3.36. The summed E-state index contributed by atoms with van der Waals surface area (Å²) in [6.07, 6.45) is 1.56. The van der Waals surface area contributed by atoms with Gasteiger partial charge < -0.3 is 4.74 Å². The van der Waals surface area contributed by atoms with Crippen molar-refractivity contribution in [1.82, 2.24) is 9.66 Å². The number of aromatic nitrogens is 2. The number of hydrogen-bond donors (Lipinski definition) is 0. The van der Waals surface area contributed by atoms with Gasteiger partial charge in [0.05, 0.1) is 26.6 Å². The molecule has 35 heavy (non-hydrogen) atoms. The molecule has 10 heteroatoms. The van der Waals surface area contributed by atoms with Gasteiger partial charge in [0, 0.05) is 26.0 Å². The zero-order chi connectivity index (χ0) is 25.3. The van der Waals surface area contributed by atoms with Crippen molar-refractivity contribution in [3.63, 3.8) is 0 Å². The Hall–Kier alpha value is -1.90. The number of halogens is 5. The summed E-state index contributed by atoms with van der Waals surface area (Å²) in [5, 5.41) is 6.37. The molecule has 0 unspecified atom stereocenters. The molecule has 4 rings (SSSR count). The van der Waals surface area contributed by atoms with E-state index in [4.69, 9.17) is 39.5 Å². The third-order valence-electron chi connectivity index (χ3n) is 5.08. The molecule has 5 nitrogen and oxygen atoms in total. The average Bonchev–Trinajstić information content (AvgIpc) is 2.79. The Bertz CT molecular complexity index is 1500. The third-order valence-corrected chi connectivity index (χ3v) is 7.03. The Morgan fingerprint density at radius 3 is 2.51 bits per heavy atom. The van der Waals surface area contributed by atoms with Gasteiger partial charge in [-0.3, -0.25) is 4.79 Å². The van der Waals surface area contributed by atoms with E-state index in [0.29, 0.717) is 47.6 Å². The summed E-state index contributed by atoms with van der Waals surface area (Å²) in [7, 11) is 0. The molecule has 0 aliphatic rings. The van der Waals surface area contributed by atoms with Crippen molar-refractivity contribution in [2.45, 2.75) is 26.4 Å². The van der Waals surface area contributed by atoms with Crippen LogP contribution in [0.2, 0.25) is 15.1 Å². The summed E-state index contributed by atoms with van der Waals surface area (Å²) in [6.45, 7) is 4.14. The minimum atomic E-state index is -0.249. The number of rotatable bonds is 6. The summed E-state index contributed by atoms with van der Waals surface area (Å²) >= 11 is 25.6. The molecule has 0 saturated heterocycles. The maximum atomic E-state index is 13.2. The molecule has 3 aromatic carbocycles. The predicted molar refractivity (Wildman–Crippen MR) is 151 cm³/mol. The maximum Gasteiger partial charge on any atom is 0.282 e. The molecule has 1 aromatic heterocycles. The SMILES string of the molecule is CC(C)c1nc2ccc(Br)cc2c(=O)n1N=Cc1cc(Cl)c(OCc2ccc(Cl)cc2Cl)c(Br)c1. The van der Waals surface area contributed by atoms with Gasteiger partial charge in [0.15, 0.2) is 5.75 Å². The van der Waals surface area contributed by atoms with Crippen molar-refractivity contribution in [3.05, 3.63) is 99.8 Å². The van der Waals surface area contributed by atoms with E-state index in [1.54, 1.807) is 42.6 Å². The lowest BCUT2D eigenvalue weighted by atomic mass is 10.2. The fourth-order valence-corrected chi connectivity index (χ4v) is 5.17. The van der Waals surface area contributed by atoms with E-state index >= 15 is 0 Å². The summed E-state index contributed by atoms with van der Waals surface area (Å²) in [5.41, 5.74) is 1.83.